The van der Waals surface area contributed by atoms with E-state index in [0.717, 1.165) is 6.07 Å². The van der Waals surface area contributed by atoms with Gasteiger partial charge in [0.2, 0.25) is 0 Å². The van der Waals surface area contributed by atoms with Gasteiger partial charge in [0.15, 0.2) is 0 Å². The maximum Gasteiger partial charge on any atom is 0.522 e. The number of rotatable bonds is 5. The van der Waals surface area contributed by atoms with Crippen molar-refractivity contribution >= 4 is 5.69 Å². The fraction of sp³-hybridized carbons (Fsp3) is 0.600. The van der Waals surface area contributed by atoms with Gasteiger partial charge in [0.1, 0.15) is 0 Å². The lowest BCUT2D eigenvalue weighted by atomic mass is 10.1. The van der Waals surface area contributed by atoms with Crippen LogP contribution >= 0.6 is 0 Å². The predicted molar refractivity (Wildman–Crippen MR) is 79.6 cm³/mol. The van der Waals surface area contributed by atoms with Crippen LogP contribution in [0.25, 0.3) is 0 Å². The van der Waals surface area contributed by atoms with E-state index in [-0.39, 0.29) is 24.3 Å². The first-order valence-electron chi connectivity index (χ1n) is 7.65. The highest BCUT2D eigenvalue weighted by Gasteiger charge is 2.34. The van der Waals surface area contributed by atoms with Crippen LogP contribution < -0.4 is 5.73 Å². The fourth-order valence-corrected chi connectivity index (χ4v) is 2.70. The van der Waals surface area contributed by atoms with Gasteiger partial charge in [0.05, 0.1) is 12.2 Å². The Balaban J connectivity index is 1.86. The van der Waals surface area contributed by atoms with Crippen LogP contribution in [-0.4, -0.2) is 55.5 Å². The van der Waals surface area contributed by atoms with Crippen LogP contribution in [0, 0.1) is 0 Å². The number of nitrogen functional groups attached to an aromatic ring is 1. The molecule has 1 fully saturated rings. The minimum absolute atomic E-state index is 0.0468. The van der Waals surface area contributed by atoms with Crippen LogP contribution in [0.1, 0.15) is 11.1 Å². The largest absolute Gasteiger partial charge is 0.522 e. The molecule has 0 spiro atoms. The Hall–Kier alpha value is -1.52. The van der Waals surface area contributed by atoms with Gasteiger partial charge >= 0.3 is 12.5 Å². The van der Waals surface area contributed by atoms with Gasteiger partial charge in [-0.2, -0.15) is 13.2 Å². The summed E-state index contributed by atoms with van der Waals surface area (Å²) >= 11 is 0. The molecule has 1 saturated heterocycles. The Morgan fingerprint density at radius 3 is 2.12 bits per heavy atom. The molecule has 0 unspecified atom stereocenters. The van der Waals surface area contributed by atoms with Gasteiger partial charge < -0.3 is 5.73 Å². The number of nitrogens with zero attached hydrogens (tertiary/aromatic N) is 2. The minimum atomic E-state index is -4.65. The van der Waals surface area contributed by atoms with E-state index in [4.69, 9.17) is 5.73 Å². The summed E-state index contributed by atoms with van der Waals surface area (Å²) in [7, 11) is 0. The van der Waals surface area contributed by atoms with E-state index in [0.29, 0.717) is 26.2 Å². The molecule has 1 heterocycles. The van der Waals surface area contributed by atoms with Gasteiger partial charge in [-0.1, -0.05) is 6.07 Å². The second-order valence-electron chi connectivity index (χ2n) is 5.83. The second kappa shape index (κ2) is 7.79. The van der Waals surface area contributed by atoms with Crippen molar-refractivity contribution in [1.29, 1.82) is 0 Å². The molecular weight excluding hydrogens is 352 g/mol. The number of ether oxygens (including phenoxy) is 1. The maximum absolute atomic E-state index is 13.1. The summed E-state index contributed by atoms with van der Waals surface area (Å²) in [6.07, 6.45) is -9.13. The van der Waals surface area contributed by atoms with E-state index in [1.54, 1.807) is 4.90 Å². The molecule has 0 amide bonds. The summed E-state index contributed by atoms with van der Waals surface area (Å²) in [5, 5.41) is 0. The molecule has 1 aromatic rings. The Morgan fingerprint density at radius 1 is 0.960 bits per heavy atom. The number of hydrogen-bond donors (Lipinski definition) is 1. The molecule has 2 N–H and O–H groups in total. The number of piperazine rings is 1. The summed E-state index contributed by atoms with van der Waals surface area (Å²) in [6.45, 7) is 1.65. The topological polar surface area (TPSA) is 41.7 Å². The molecule has 142 valence electrons. The van der Waals surface area contributed by atoms with Crippen molar-refractivity contribution in [3.63, 3.8) is 0 Å². The third-order valence-electron chi connectivity index (χ3n) is 3.97. The quantitative estimate of drug-likeness (QED) is 0.638. The van der Waals surface area contributed by atoms with Crippen molar-refractivity contribution in [2.24, 2.45) is 0 Å². The van der Waals surface area contributed by atoms with Crippen molar-refractivity contribution in [2.75, 3.05) is 45.1 Å². The number of benzene rings is 1. The molecule has 1 aliphatic rings. The highest BCUT2D eigenvalue weighted by Crippen LogP contribution is 2.34. The van der Waals surface area contributed by atoms with Crippen LogP contribution in [0.15, 0.2) is 18.2 Å². The Kier molecular flexibility index (Phi) is 6.17. The zero-order valence-corrected chi connectivity index (χ0v) is 13.3. The van der Waals surface area contributed by atoms with Gasteiger partial charge in [-0.25, -0.2) is 0 Å². The molecule has 0 radical (unpaired) electrons. The van der Waals surface area contributed by atoms with Gasteiger partial charge in [-0.15, -0.1) is 13.2 Å². The number of hydrogen-bond acceptors (Lipinski definition) is 4. The number of alkyl halides is 6. The van der Waals surface area contributed by atoms with Gasteiger partial charge in [-0.05, 0) is 17.7 Å². The van der Waals surface area contributed by atoms with E-state index in [1.165, 1.54) is 12.1 Å². The number of nitrogens with two attached hydrogens (primary N) is 1. The molecule has 0 aromatic heterocycles. The zero-order valence-electron chi connectivity index (χ0n) is 13.3. The molecule has 0 atom stereocenters. The summed E-state index contributed by atoms with van der Waals surface area (Å²) in [6, 6.07) is 3.71. The number of halogens is 6. The Labute approximate surface area is 141 Å². The third-order valence-corrected chi connectivity index (χ3v) is 3.97. The molecule has 1 aromatic carbocycles. The van der Waals surface area contributed by atoms with Crippen LogP contribution in [0.4, 0.5) is 32.0 Å². The van der Waals surface area contributed by atoms with Crippen LogP contribution in [0.3, 0.4) is 0 Å². The minimum Gasteiger partial charge on any atom is -0.399 e. The van der Waals surface area contributed by atoms with Crippen LogP contribution in [-0.2, 0) is 17.5 Å². The predicted octanol–water partition coefficient (Wildman–Crippen LogP) is 2.94. The van der Waals surface area contributed by atoms with E-state index < -0.39 is 24.7 Å². The molecule has 0 bridgehead atoms. The van der Waals surface area contributed by atoms with Gasteiger partial charge in [0.25, 0.3) is 0 Å². The van der Waals surface area contributed by atoms with Crippen LogP contribution in [0.2, 0.25) is 0 Å². The van der Waals surface area contributed by atoms with Crippen molar-refractivity contribution in [3.8, 4) is 0 Å². The first-order chi connectivity index (χ1) is 11.5. The maximum atomic E-state index is 13.1. The van der Waals surface area contributed by atoms with E-state index in [9.17, 15) is 26.3 Å². The second-order valence-corrected chi connectivity index (χ2v) is 5.83. The lowest BCUT2D eigenvalue weighted by Crippen LogP contribution is -2.47. The highest BCUT2D eigenvalue weighted by molar-refractivity contribution is 5.46. The lowest BCUT2D eigenvalue weighted by molar-refractivity contribution is -0.325. The van der Waals surface area contributed by atoms with Crippen molar-refractivity contribution in [3.05, 3.63) is 29.3 Å². The summed E-state index contributed by atoms with van der Waals surface area (Å²) in [4.78, 5) is 3.62. The average Bonchev–Trinajstić information content (AvgIpc) is 2.48. The van der Waals surface area contributed by atoms with Gasteiger partial charge in [-0.3, -0.25) is 14.5 Å². The molecule has 2 rings (SSSR count). The van der Waals surface area contributed by atoms with Crippen molar-refractivity contribution in [2.45, 2.75) is 19.1 Å². The normalized spacial score (nSPS) is 17.8. The summed E-state index contributed by atoms with van der Waals surface area (Å²) < 4.78 is 78.8. The van der Waals surface area contributed by atoms with E-state index in [2.05, 4.69) is 4.74 Å². The SMILES string of the molecule is Nc1ccc(CN2CCN(CCOC(F)(F)F)CC2)c(C(F)(F)F)c1. The molecular formula is C15H19F6N3O. The Bertz CT molecular complexity index is 567. The highest BCUT2D eigenvalue weighted by atomic mass is 19.4. The number of anilines is 1. The van der Waals surface area contributed by atoms with Crippen LogP contribution in [0.5, 0.6) is 0 Å². The summed E-state index contributed by atoms with van der Waals surface area (Å²) in [5.41, 5.74) is 4.87. The first-order valence-corrected chi connectivity index (χ1v) is 7.65. The lowest BCUT2D eigenvalue weighted by Gasteiger charge is -2.35. The molecule has 0 aliphatic carbocycles. The Morgan fingerprint density at radius 2 is 1.56 bits per heavy atom. The standard InChI is InChI=1S/C15H19F6N3O/c16-14(17,18)13-9-12(22)2-1-11(13)10-24-5-3-23(4-6-24)7-8-25-15(19,20)21/h1-2,9H,3-8,10,22H2. The zero-order chi connectivity index (χ0) is 18.7. The molecule has 25 heavy (non-hydrogen) atoms. The van der Waals surface area contributed by atoms with E-state index >= 15 is 0 Å². The van der Waals surface area contributed by atoms with E-state index in [1.807, 2.05) is 4.90 Å². The smallest absolute Gasteiger partial charge is 0.399 e. The third kappa shape index (κ3) is 6.37. The average molecular weight is 371 g/mol. The van der Waals surface area contributed by atoms with Crippen molar-refractivity contribution < 1.29 is 31.1 Å². The molecule has 0 saturated carbocycles. The van der Waals surface area contributed by atoms with Gasteiger partial charge in [0, 0.05) is 45.0 Å². The fourth-order valence-electron chi connectivity index (χ4n) is 2.70. The first kappa shape index (κ1) is 19.8. The molecule has 1 aliphatic heterocycles. The molecule has 10 heteroatoms. The molecule has 4 nitrogen and oxygen atoms in total. The van der Waals surface area contributed by atoms with Crippen molar-refractivity contribution in [1.82, 2.24) is 9.80 Å². The summed E-state index contributed by atoms with van der Waals surface area (Å²) in [5.74, 6) is 0. The monoisotopic (exact) mass is 371 g/mol.